The number of nitrogens with zero attached hydrogens (tertiary/aromatic N) is 3. The number of anilines is 2. The Balaban J connectivity index is 2.01. The van der Waals surface area contributed by atoms with Gasteiger partial charge in [-0.05, 0) is 12.1 Å². The molecule has 0 saturated heterocycles. The van der Waals surface area contributed by atoms with Gasteiger partial charge >= 0.3 is 0 Å². The minimum atomic E-state index is 0.350. The van der Waals surface area contributed by atoms with E-state index >= 15 is 0 Å². The van der Waals surface area contributed by atoms with Crippen LogP contribution < -0.4 is 5.32 Å². The third kappa shape index (κ3) is 2.12. The quantitative estimate of drug-likeness (QED) is 0.722. The van der Waals surface area contributed by atoms with Crippen LogP contribution in [0.2, 0.25) is 10.2 Å². The van der Waals surface area contributed by atoms with Crippen molar-refractivity contribution in [1.29, 1.82) is 0 Å². The van der Waals surface area contributed by atoms with Crippen LogP contribution in [0, 0.1) is 0 Å². The minimum Gasteiger partial charge on any atom is -0.330 e. The van der Waals surface area contributed by atoms with Crippen LogP contribution in [-0.4, -0.2) is 15.0 Å². The first-order valence-electron chi connectivity index (χ1n) is 5.02. The van der Waals surface area contributed by atoms with Crippen LogP contribution in [0.15, 0.2) is 30.6 Å². The van der Waals surface area contributed by atoms with E-state index in [1.54, 1.807) is 0 Å². The number of benzene rings is 1. The van der Waals surface area contributed by atoms with Gasteiger partial charge in [-0.25, -0.2) is 15.0 Å². The predicted molar refractivity (Wildman–Crippen MR) is 75.0 cm³/mol. The van der Waals surface area contributed by atoms with Gasteiger partial charge in [-0.2, -0.15) is 0 Å². The molecule has 0 aliphatic heterocycles. The van der Waals surface area contributed by atoms with Crippen LogP contribution in [0.4, 0.5) is 10.8 Å². The van der Waals surface area contributed by atoms with Crippen LogP contribution >= 0.6 is 34.5 Å². The summed E-state index contributed by atoms with van der Waals surface area (Å²) >= 11 is 13.4. The van der Waals surface area contributed by atoms with Gasteiger partial charge in [-0.15, -0.1) is 0 Å². The lowest BCUT2D eigenvalue weighted by atomic mass is 10.3. The first-order chi connectivity index (χ1) is 8.74. The van der Waals surface area contributed by atoms with Gasteiger partial charge in [0.1, 0.15) is 16.7 Å². The molecule has 0 atom stereocenters. The fourth-order valence-electron chi connectivity index (χ4n) is 1.46. The number of rotatable bonds is 2. The molecule has 90 valence electrons. The lowest BCUT2D eigenvalue weighted by molar-refractivity contribution is 1.22. The maximum atomic E-state index is 6.06. The van der Waals surface area contributed by atoms with Crippen molar-refractivity contribution < 1.29 is 0 Å². The molecule has 0 bridgehead atoms. The van der Waals surface area contributed by atoms with E-state index in [9.17, 15) is 0 Å². The van der Waals surface area contributed by atoms with Crippen molar-refractivity contribution in [2.24, 2.45) is 0 Å². The van der Waals surface area contributed by atoms with E-state index in [0.29, 0.717) is 20.8 Å². The zero-order chi connectivity index (χ0) is 12.5. The van der Waals surface area contributed by atoms with E-state index < -0.39 is 0 Å². The van der Waals surface area contributed by atoms with Crippen LogP contribution in [0.1, 0.15) is 0 Å². The molecule has 0 fully saturated rings. The lowest BCUT2D eigenvalue weighted by Gasteiger charge is -2.03. The molecule has 4 nitrogen and oxygen atoms in total. The molecule has 0 saturated carbocycles. The van der Waals surface area contributed by atoms with Gasteiger partial charge in [-0.3, -0.25) is 0 Å². The van der Waals surface area contributed by atoms with Crippen molar-refractivity contribution >= 4 is 55.7 Å². The summed E-state index contributed by atoms with van der Waals surface area (Å²) < 4.78 is 0. The zero-order valence-corrected chi connectivity index (χ0v) is 11.2. The first-order valence-corrected chi connectivity index (χ1v) is 6.60. The highest BCUT2D eigenvalue weighted by Gasteiger charge is 2.09. The summed E-state index contributed by atoms with van der Waals surface area (Å²) in [6, 6.07) is 7.45. The Kier molecular flexibility index (Phi) is 3.03. The van der Waals surface area contributed by atoms with Crippen molar-refractivity contribution in [1.82, 2.24) is 15.0 Å². The number of hydrogen-bond acceptors (Lipinski definition) is 5. The van der Waals surface area contributed by atoms with Gasteiger partial charge in [0.15, 0.2) is 10.3 Å². The molecule has 0 aliphatic rings. The summed E-state index contributed by atoms with van der Waals surface area (Å²) in [5, 5.41) is 4.80. The zero-order valence-electron chi connectivity index (χ0n) is 8.89. The average Bonchev–Trinajstić information content (AvgIpc) is 2.76. The molecule has 0 amide bonds. The van der Waals surface area contributed by atoms with Gasteiger partial charge in [0.25, 0.3) is 0 Å². The van der Waals surface area contributed by atoms with Crippen LogP contribution in [0.25, 0.3) is 10.3 Å². The highest BCUT2D eigenvalue weighted by molar-refractivity contribution is 7.21. The fourth-order valence-corrected chi connectivity index (χ4v) is 2.69. The molecule has 2 aromatic heterocycles. The normalized spacial score (nSPS) is 10.8. The van der Waals surface area contributed by atoms with Crippen LogP contribution in [-0.2, 0) is 0 Å². The van der Waals surface area contributed by atoms with E-state index in [1.165, 1.54) is 17.7 Å². The molecule has 2 heterocycles. The number of nitrogens with one attached hydrogen (secondary N) is 1. The van der Waals surface area contributed by atoms with Crippen molar-refractivity contribution in [3.8, 4) is 0 Å². The summed E-state index contributed by atoms with van der Waals surface area (Å²) in [7, 11) is 0. The third-order valence-electron chi connectivity index (χ3n) is 2.27. The third-order valence-corrected chi connectivity index (χ3v) is 3.75. The molecular weight excluding hydrogens is 291 g/mol. The van der Waals surface area contributed by atoms with E-state index in [1.807, 2.05) is 24.3 Å². The summed E-state index contributed by atoms with van der Waals surface area (Å²) in [6.07, 6.45) is 1.42. The Labute approximate surface area is 117 Å². The van der Waals surface area contributed by atoms with E-state index in [4.69, 9.17) is 23.2 Å². The molecular formula is C11H6Cl2N4S. The molecule has 0 unspecified atom stereocenters. The van der Waals surface area contributed by atoms with Crippen LogP contribution in [0.5, 0.6) is 0 Å². The highest BCUT2D eigenvalue weighted by Crippen LogP contribution is 2.31. The second kappa shape index (κ2) is 4.68. The number of halogens is 2. The number of hydrogen-bond donors (Lipinski definition) is 1. The Morgan fingerprint density at radius 1 is 1.11 bits per heavy atom. The average molecular weight is 297 g/mol. The Hall–Kier alpha value is -1.43. The van der Waals surface area contributed by atoms with Crippen molar-refractivity contribution in [2.75, 3.05) is 5.32 Å². The second-order valence-corrected chi connectivity index (χ2v) is 5.18. The van der Waals surface area contributed by atoms with E-state index in [-0.39, 0.29) is 0 Å². The number of aromatic nitrogens is 3. The fraction of sp³-hybridized carbons (Fsp3) is 0. The Morgan fingerprint density at radius 2 is 1.94 bits per heavy atom. The van der Waals surface area contributed by atoms with Crippen molar-refractivity contribution in [3.05, 3.63) is 40.8 Å². The van der Waals surface area contributed by atoms with Gasteiger partial charge in [0, 0.05) is 0 Å². The molecule has 18 heavy (non-hydrogen) atoms. The van der Waals surface area contributed by atoms with Crippen molar-refractivity contribution in [2.45, 2.75) is 0 Å². The number of para-hydroxylation sites is 1. The highest BCUT2D eigenvalue weighted by atomic mass is 35.5. The Morgan fingerprint density at radius 3 is 2.72 bits per heavy atom. The standard InChI is InChI=1S/C11H6Cl2N4S/c12-6-3-1-2-4-7(6)16-11-17-8-9(13)14-5-15-10(8)18-11/h1-5H,(H,16,17). The monoisotopic (exact) mass is 296 g/mol. The molecule has 1 N–H and O–H groups in total. The minimum absolute atomic E-state index is 0.350. The van der Waals surface area contributed by atoms with Gasteiger partial charge in [0.2, 0.25) is 0 Å². The molecule has 1 aromatic carbocycles. The van der Waals surface area contributed by atoms with Crippen LogP contribution in [0.3, 0.4) is 0 Å². The SMILES string of the molecule is Clc1ccccc1Nc1nc2c(Cl)ncnc2s1. The maximum absolute atomic E-state index is 6.06. The number of fused-ring (bicyclic) bond motifs is 1. The maximum Gasteiger partial charge on any atom is 0.189 e. The molecule has 7 heteroatoms. The summed E-state index contributed by atoms with van der Waals surface area (Å²) in [5.41, 5.74) is 1.39. The second-order valence-electron chi connectivity index (χ2n) is 3.44. The van der Waals surface area contributed by atoms with Gasteiger partial charge in [0.05, 0.1) is 10.7 Å². The molecule has 0 radical (unpaired) electrons. The Bertz CT molecular complexity index is 713. The van der Waals surface area contributed by atoms with E-state index in [0.717, 1.165) is 10.5 Å². The topological polar surface area (TPSA) is 50.7 Å². The lowest BCUT2D eigenvalue weighted by Crippen LogP contribution is -1.89. The smallest absolute Gasteiger partial charge is 0.189 e. The molecule has 3 rings (SSSR count). The first kappa shape index (κ1) is 11.6. The predicted octanol–water partition coefficient (Wildman–Crippen LogP) is 4.14. The van der Waals surface area contributed by atoms with Gasteiger partial charge in [-0.1, -0.05) is 46.7 Å². The summed E-state index contributed by atoms with van der Waals surface area (Å²) in [5.74, 6) is 0. The number of thiazole rings is 1. The van der Waals surface area contributed by atoms with E-state index in [2.05, 4.69) is 20.3 Å². The molecule has 0 aliphatic carbocycles. The van der Waals surface area contributed by atoms with Gasteiger partial charge < -0.3 is 5.32 Å². The molecule has 0 spiro atoms. The molecule has 3 aromatic rings. The largest absolute Gasteiger partial charge is 0.330 e. The van der Waals surface area contributed by atoms with Crippen molar-refractivity contribution in [3.63, 3.8) is 0 Å². The summed E-state index contributed by atoms with van der Waals surface area (Å²) in [6.45, 7) is 0. The summed E-state index contributed by atoms with van der Waals surface area (Å²) in [4.78, 5) is 13.1.